The maximum atomic E-state index is 15.2. The number of benzene rings is 6. The molecule has 8 aromatic rings. The van der Waals surface area contributed by atoms with Crippen LogP contribution in [-0.4, -0.2) is 9.38 Å². The molecule has 0 bridgehead atoms. The molecule has 2 heterocycles. The quantitative estimate of drug-likeness (QED) is 0.137. The Morgan fingerprint density at radius 1 is 0.487 bits per heavy atom. The summed E-state index contributed by atoms with van der Waals surface area (Å²) in [5, 5.41) is 8.21. The Labute approximate surface area is 225 Å². The Kier molecular flexibility index (Phi) is 4.79. The molecule has 0 unspecified atom stereocenters. The van der Waals surface area contributed by atoms with Gasteiger partial charge in [-0.2, -0.15) is 0 Å². The summed E-state index contributed by atoms with van der Waals surface area (Å²) >= 11 is 0. The van der Waals surface area contributed by atoms with Crippen LogP contribution in [0.25, 0.3) is 49.1 Å². The average Bonchev–Trinajstić information content (AvgIpc) is 3.41. The molecule has 0 fully saturated rings. The van der Waals surface area contributed by atoms with Crippen LogP contribution in [-0.2, 0) is 4.57 Å². The van der Waals surface area contributed by atoms with Gasteiger partial charge in [-0.05, 0) is 46.5 Å². The zero-order valence-corrected chi connectivity index (χ0v) is 21.9. The first-order chi connectivity index (χ1) is 19.2. The second-order valence-corrected chi connectivity index (χ2v) is 12.8. The van der Waals surface area contributed by atoms with E-state index in [-0.39, 0.29) is 0 Å². The lowest BCUT2D eigenvalue weighted by Crippen LogP contribution is -2.25. The Hall–Kier alpha value is -4.72. The van der Waals surface area contributed by atoms with Gasteiger partial charge in [0.2, 0.25) is 0 Å². The summed E-state index contributed by atoms with van der Waals surface area (Å²) in [6.45, 7) is 0. The fourth-order valence-electron chi connectivity index (χ4n) is 5.95. The molecule has 0 aliphatic carbocycles. The summed E-state index contributed by atoms with van der Waals surface area (Å²) in [7, 11) is -3.13. The van der Waals surface area contributed by atoms with Gasteiger partial charge < -0.3 is 4.57 Å². The van der Waals surface area contributed by atoms with Crippen molar-refractivity contribution in [3.8, 4) is 0 Å². The summed E-state index contributed by atoms with van der Waals surface area (Å²) in [6, 6.07) is 47.3. The molecule has 3 nitrogen and oxygen atoms in total. The monoisotopic (exact) mass is 518 g/mol. The summed E-state index contributed by atoms with van der Waals surface area (Å²) in [4.78, 5) is 5.10. The molecule has 4 heteroatoms. The lowest BCUT2D eigenvalue weighted by atomic mass is 10.0. The molecule has 0 aliphatic heterocycles. The van der Waals surface area contributed by atoms with Crippen molar-refractivity contribution >= 4 is 72.2 Å². The molecule has 0 N–H and O–H groups in total. The van der Waals surface area contributed by atoms with Crippen LogP contribution in [0.3, 0.4) is 0 Å². The highest BCUT2D eigenvalue weighted by atomic mass is 31.2. The van der Waals surface area contributed by atoms with Crippen LogP contribution in [0, 0.1) is 0 Å². The minimum Gasteiger partial charge on any atom is -0.309 e. The van der Waals surface area contributed by atoms with Crippen LogP contribution in [0.5, 0.6) is 0 Å². The highest BCUT2D eigenvalue weighted by Gasteiger charge is 2.30. The molecule has 0 saturated heterocycles. The fraction of sp³-hybridized carbons (Fsp3) is 0. The van der Waals surface area contributed by atoms with Crippen molar-refractivity contribution in [2.75, 3.05) is 0 Å². The maximum absolute atomic E-state index is 15.2. The number of fused-ring (bicyclic) bond motifs is 9. The third-order valence-corrected chi connectivity index (χ3v) is 10.9. The van der Waals surface area contributed by atoms with Gasteiger partial charge in [0.25, 0.3) is 0 Å². The fourth-order valence-corrected chi connectivity index (χ4v) is 8.62. The van der Waals surface area contributed by atoms with Crippen LogP contribution in [0.2, 0.25) is 0 Å². The van der Waals surface area contributed by atoms with E-state index in [4.69, 9.17) is 4.98 Å². The molecule has 0 aliphatic rings. The maximum Gasteiger partial charge on any atom is 0.171 e. The first-order valence-electron chi connectivity index (χ1n) is 13.1. The topological polar surface area (TPSA) is 34.4 Å². The van der Waals surface area contributed by atoms with Crippen LogP contribution >= 0.6 is 7.14 Å². The molecule has 6 aromatic carbocycles. The number of hydrogen-bond donors (Lipinski definition) is 0. The number of rotatable bonds is 3. The van der Waals surface area contributed by atoms with Crippen molar-refractivity contribution < 1.29 is 4.57 Å². The van der Waals surface area contributed by atoms with E-state index in [9.17, 15) is 0 Å². The van der Waals surface area contributed by atoms with Crippen LogP contribution in [0.1, 0.15) is 0 Å². The van der Waals surface area contributed by atoms with Crippen molar-refractivity contribution in [1.82, 2.24) is 9.38 Å². The molecule has 39 heavy (non-hydrogen) atoms. The largest absolute Gasteiger partial charge is 0.309 e. The molecule has 184 valence electrons. The third kappa shape index (κ3) is 3.24. The second-order valence-electron chi connectivity index (χ2n) is 9.99. The SMILES string of the molecule is O=P(c1ccccc1)(c1ccccc1)c1ccc2c3cc4ccccc4cc3c3nc4ccccc4n3c2c1. The summed E-state index contributed by atoms with van der Waals surface area (Å²) in [6.07, 6.45) is 0. The van der Waals surface area contributed by atoms with Crippen molar-refractivity contribution in [2.45, 2.75) is 0 Å². The number of para-hydroxylation sites is 2. The molecule has 0 atom stereocenters. The van der Waals surface area contributed by atoms with Gasteiger partial charge in [0.1, 0.15) is 5.65 Å². The zero-order valence-electron chi connectivity index (χ0n) is 21.0. The van der Waals surface area contributed by atoms with E-state index in [2.05, 4.69) is 77.2 Å². The van der Waals surface area contributed by atoms with E-state index >= 15 is 4.57 Å². The van der Waals surface area contributed by atoms with Gasteiger partial charge in [-0.3, -0.25) is 4.40 Å². The van der Waals surface area contributed by atoms with Gasteiger partial charge in [-0.25, -0.2) is 4.98 Å². The smallest absolute Gasteiger partial charge is 0.171 e. The zero-order chi connectivity index (χ0) is 26.0. The lowest BCUT2D eigenvalue weighted by molar-refractivity contribution is 0.592. The first-order valence-corrected chi connectivity index (χ1v) is 14.8. The molecule has 2 aromatic heterocycles. The average molecular weight is 519 g/mol. The van der Waals surface area contributed by atoms with Crippen LogP contribution in [0.15, 0.2) is 140 Å². The standard InChI is InChI=1S/C35H23N2OP/c38-39(26-13-3-1-4-14-26,27-15-5-2-6-16-27)28-19-20-29-30-21-24-11-7-8-12-25(24)22-31(30)35-36-32-17-9-10-18-33(32)37(35)34(29)23-28/h1-23H. The Balaban J connectivity index is 1.55. The number of imidazole rings is 1. The Morgan fingerprint density at radius 2 is 1.08 bits per heavy atom. The highest BCUT2D eigenvalue weighted by Crippen LogP contribution is 2.44. The van der Waals surface area contributed by atoms with Gasteiger partial charge in [0.05, 0.1) is 16.6 Å². The van der Waals surface area contributed by atoms with Gasteiger partial charge in [0.15, 0.2) is 7.14 Å². The highest BCUT2D eigenvalue weighted by molar-refractivity contribution is 7.85. The number of nitrogens with zero attached hydrogens (tertiary/aromatic N) is 2. The number of pyridine rings is 1. The predicted molar refractivity (Wildman–Crippen MR) is 165 cm³/mol. The van der Waals surface area contributed by atoms with Crippen LogP contribution < -0.4 is 15.9 Å². The van der Waals surface area contributed by atoms with Crippen molar-refractivity contribution in [3.63, 3.8) is 0 Å². The molecule has 0 amide bonds. The minimum absolute atomic E-state index is 0.812. The normalized spacial score (nSPS) is 12.2. The van der Waals surface area contributed by atoms with E-state index in [1.165, 1.54) is 10.8 Å². The van der Waals surface area contributed by atoms with E-state index in [1.54, 1.807) is 0 Å². The minimum atomic E-state index is -3.13. The van der Waals surface area contributed by atoms with E-state index in [1.807, 2.05) is 66.7 Å². The Bertz CT molecular complexity index is 2210. The summed E-state index contributed by atoms with van der Waals surface area (Å²) in [5.74, 6) is 0. The van der Waals surface area contributed by atoms with E-state index in [0.717, 1.165) is 54.3 Å². The van der Waals surface area contributed by atoms with E-state index < -0.39 is 7.14 Å². The van der Waals surface area contributed by atoms with Gasteiger partial charge in [-0.15, -0.1) is 0 Å². The molecule has 8 rings (SSSR count). The molecular formula is C35H23N2OP. The van der Waals surface area contributed by atoms with Crippen molar-refractivity contribution in [2.24, 2.45) is 0 Å². The van der Waals surface area contributed by atoms with Gasteiger partial charge in [0, 0.05) is 26.7 Å². The second kappa shape index (κ2) is 8.39. The first kappa shape index (κ1) is 22.3. The Morgan fingerprint density at radius 3 is 1.77 bits per heavy atom. The predicted octanol–water partition coefficient (Wildman–Crippen LogP) is 7.59. The van der Waals surface area contributed by atoms with Gasteiger partial charge >= 0.3 is 0 Å². The summed E-state index contributed by atoms with van der Waals surface area (Å²) < 4.78 is 17.5. The molecular weight excluding hydrogens is 495 g/mol. The molecule has 0 spiro atoms. The van der Waals surface area contributed by atoms with Gasteiger partial charge in [-0.1, -0.05) is 109 Å². The van der Waals surface area contributed by atoms with Crippen LogP contribution in [0.4, 0.5) is 0 Å². The number of aromatic nitrogens is 2. The van der Waals surface area contributed by atoms with Crippen molar-refractivity contribution in [3.05, 3.63) is 140 Å². The van der Waals surface area contributed by atoms with E-state index in [0.29, 0.717) is 0 Å². The molecule has 0 saturated carbocycles. The third-order valence-electron chi connectivity index (χ3n) is 7.80. The lowest BCUT2D eigenvalue weighted by Gasteiger charge is -2.21. The summed E-state index contributed by atoms with van der Waals surface area (Å²) in [5.41, 5.74) is 3.90. The molecule has 0 radical (unpaired) electrons. The van der Waals surface area contributed by atoms with Crippen molar-refractivity contribution in [1.29, 1.82) is 0 Å². The number of hydrogen-bond acceptors (Lipinski definition) is 2.